The summed E-state index contributed by atoms with van der Waals surface area (Å²) in [7, 11) is 0. The van der Waals surface area contributed by atoms with E-state index in [0.717, 1.165) is 12.1 Å². The molecule has 3 heterocycles. The average Bonchev–Trinajstić information content (AvgIpc) is 3.22. The number of hydrazone groups is 1. The van der Waals surface area contributed by atoms with Gasteiger partial charge in [-0.3, -0.25) is 14.5 Å². The van der Waals surface area contributed by atoms with Crippen LogP contribution >= 0.6 is 0 Å². The van der Waals surface area contributed by atoms with Crippen LogP contribution in [0.5, 0.6) is 6.01 Å². The zero-order valence-corrected chi connectivity index (χ0v) is 16.0. The Bertz CT molecular complexity index is 941. The van der Waals surface area contributed by atoms with Crippen LogP contribution in [-0.2, 0) is 12.7 Å². The topological polar surface area (TPSA) is 89.0 Å². The van der Waals surface area contributed by atoms with Crippen molar-refractivity contribution in [1.82, 2.24) is 19.5 Å². The maximum Gasteiger partial charge on any atom is 0.416 e. The summed E-state index contributed by atoms with van der Waals surface area (Å²) in [6, 6.07) is 5.07. The first kappa shape index (κ1) is 20.1. The summed E-state index contributed by atoms with van der Waals surface area (Å²) in [5.74, 6) is -0.241. The number of nitro groups is 1. The molecule has 2 aliphatic rings. The van der Waals surface area contributed by atoms with Gasteiger partial charge in [0.25, 0.3) is 0 Å². The van der Waals surface area contributed by atoms with Crippen molar-refractivity contribution in [2.45, 2.75) is 25.4 Å². The van der Waals surface area contributed by atoms with Gasteiger partial charge in [-0.2, -0.15) is 18.3 Å². The number of halogens is 3. The largest absolute Gasteiger partial charge is 0.422 e. The van der Waals surface area contributed by atoms with Crippen LogP contribution in [0.3, 0.4) is 0 Å². The van der Waals surface area contributed by atoms with Crippen LogP contribution in [0.15, 0.2) is 35.6 Å². The van der Waals surface area contributed by atoms with Crippen LogP contribution in [0.1, 0.15) is 18.1 Å². The van der Waals surface area contributed by atoms with Gasteiger partial charge in [-0.1, -0.05) is 12.1 Å². The lowest BCUT2D eigenvalue weighted by atomic mass is 10.1. The second-order valence-corrected chi connectivity index (χ2v) is 7.35. The molecule has 0 spiro atoms. The van der Waals surface area contributed by atoms with E-state index in [-0.39, 0.29) is 11.8 Å². The Hall–Kier alpha value is -3.15. The van der Waals surface area contributed by atoms with E-state index in [1.165, 1.54) is 18.3 Å². The molecule has 160 valence electrons. The SMILES string of the molecule is C[C@]1(N2CCN(/N=C/c3ccc(C(F)(F)F)cc3)CC2)Cn2cc([N+](=O)[O-])nc2O1. The number of hydrogen-bond donors (Lipinski definition) is 0. The van der Waals surface area contributed by atoms with Gasteiger partial charge in [0, 0.05) is 31.2 Å². The zero-order valence-electron chi connectivity index (χ0n) is 16.0. The first-order chi connectivity index (χ1) is 14.1. The minimum atomic E-state index is -4.36. The smallest absolute Gasteiger partial charge is 0.416 e. The van der Waals surface area contributed by atoms with Crippen molar-refractivity contribution in [2.75, 3.05) is 26.2 Å². The molecule has 1 atom stereocenters. The Morgan fingerprint density at radius 1 is 1.23 bits per heavy atom. The fourth-order valence-electron chi connectivity index (χ4n) is 3.57. The fourth-order valence-corrected chi connectivity index (χ4v) is 3.57. The molecular formula is C18H19F3N6O3. The van der Waals surface area contributed by atoms with E-state index in [9.17, 15) is 23.3 Å². The number of hydrogen-bond acceptors (Lipinski definition) is 7. The van der Waals surface area contributed by atoms with E-state index < -0.39 is 22.4 Å². The van der Waals surface area contributed by atoms with E-state index >= 15 is 0 Å². The Kier molecular flexibility index (Phi) is 4.88. The van der Waals surface area contributed by atoms with Gasteiger partial charge in [-0.15, -0.1) is 0 Å². The number of ether oxygens (including phenoxy) is 1. The third-order valence-electron chi connectivity index (χ3n) is 5.22. The molecule has 0 aliphatic carbocycles. The van der Waals surface area contributed by atoms with Crippen LogP contribution < -0.4 is 4.74 Å². The standard InChI is InChI=1S/C18H19F3N6O3/c1-17(12-24-11-15(27(28)29)23-16(24)30-17)25-6-8-26(9-7-25)22-10-13-2-4-14(5-3-13)18(19,20)21/h2-5,10-11H,6-9,12H2,1H3/b22-10+/t17-/m1/s1. The normalized spacial score (nSPS) is 22.3. The summed E-state index contributed by atoms with van der Waals surface area (Å²) in [5.41, 5.74) is -0.757. The molecule has 0 amide bonds. The number of rotatable bonds is 4. The monoisotopic (exact) mass is 424 g/mol. The third-order valence-corrected chi connectivity index (χ3v) is 5.22. The molecule has 1 aromatic carbocycles. The molecular weight excluding hydrogens is 405 g/mol. The van der Waals surface area contributed by atoms with Gasteiger partial charge in [0.15, 0.2) is 5.72 Å². The fraction of sp³-hybridized carbons (Fsp3) is 0.444. The molecule has 1 fully saturated rings. The minimum absolute atomic E-state index is 0.229. The van der Waals surface area contributed by atoms with Crippen LogP contribution in [0.2, 0.25) is 0 Å². The summed E-state index contributed by atoms with van der Waals surface area (Å²) in [6.07, 6.45) is -1.45. The van der Waals surface area contributed by atoms with Crippen LogP contribution in [0.4, 0.5) is 19.0 Å². The number of aromatic nitrogens is 2. The van der Waals surface area contributed by atoms with E-state index in [2.05, 4.69) is 15.0 Å². The summed E-state index contributed by atoms with van der Waals surface area (Å²) in [6.45, 7) is 4.85. The summed E-state index contributed by atoms with van der Waals surface area (Å²) in [5, 5.41) is 17.0. The van der Waals surface area contributed by atoms with E-state index in [4.69, 9.17) is 4.74 Å². The molecule has 9 nitrogen and oxygen atoms in total. The maximum absolute atomic E-state index is 12.6. The second kappa shape index (κ2) is 7.27. The van der Waals surface area contributed by atoms with Crippen LogP contribution in [-0.4, -0.2) is 62.5 Å². The molecule has 0 bridgehead atoms. The van der Waals surface area contributed by atoms with Gasteiger partial charge in [0.2, 0.25) is 0 Å². The number of benzene rings is 1. The molecule has 0 saturated carbocycles. The molecule has 0 radical (unpaired) electrons. The van der Waals surface area contributed by atoms with Crippen LogP contribution in [0.25, 0.3) is 0 Å². The molecule has 0 unspecified atom stereocenters. The van der Waals surface area contributed by atoms with Crippen LogP contribution in [0, 0.1) is 10.1 Å². The minimum Gasteiger partial charge on any atom is -0.422 e. The van der Waals surface area contributed by atoms with Gasteiger partial charge in [0.05, 0.1) is 18.3 Å². The second-order valence-electron chi connectivity index (χ2n) is 7.35. The third kappa shape index (κ3) is 3.95. The molecule has 1 saturated heterocycles. The van der Waals surface area contributed by atoms with Crippen molar-refractivity contribution in [3.8, 4) is 6.01 Å². The molecule has 0 N–H and O–H groups in total. The summed E-state index contributed by atoms with van der Waals surface area (Å²) >= 11 is 0. The van der Waals surface area contributed by atoms with E-state index in [1.54, 1.807) is 10.8 Å². The first-order valence-corrected chi connectivity index (χ1v) is 9.26. The number of piperazine rings is 1. The van der Waals surface area contributed by atoms with E-state index in [1.807, 2.05) is 11.9 Å². The predicted molar refractivity (Wildman–Crippen MR) is 100 cm³/mol. The van der Waals surface area contributed by atoms with Gasteiger partial charge < -0.3 is 14.9 Å². The van der Waals surface area contributed by atoms with Crippen molar-refractivity contribution in [3.63, 3.8) is 0 Å². The summed E-state index contributed by atoms with van der Waals surface area (Å²) < 4.78 is 45.4. The lowest BCUT2D eigenvalue weighted by Gasteiger charge is -2.41. The molecule has 2 aromatic rings. The molecule has 1 aromatic heterocycles. The lowest BCUT2D eigenvalue weighted by molar-refractivity contribution is -0.389. The highest BCUT2D eigenvalue weighted by atomic mass is 19.4. The highest BCUT2D eigenvalue weighted by Gasteiger charge is 2.45. The zero-order chi connectivity index (χ0) is 21.5. The number of imidazole rings is 1. The Morgan fingerprint density at radius 2 is 1.90 bits per heavy atom. The number of nitrogens with zero attached hydrogens (tertiary/aromatic N) is 6. The summed E-state index contributed by atoms with van der Waals surface area (Å²) in [4.78, 5) is 16.3. The molecule has 4 rings (SSSR count). The van der Waals surface area contributed by atoms with Crippen molar-refractivity contribution in [3.05, 3.63) is 51.7 Å². The van der Waals surface area contributed by atoms with Crippen molar-refractivity contribution < 1.29 is 22.8 Å². The van der Waals surface area contributed by atoms with Crippen molar-refractivity contribution in [2.24, 2.45) is 5.10 Å². The predicted octanol–water partition coefficient (Wildman–Crippen LogP) is 2.57. The highest BCUT2D eigenvalue weighted by molar-refractivity contribution is 5.79. The average molecular weight is 424 g/mol. The Morgan fingerprint density at radius 3 is 2.47 bits per heavy atom. The Labute approximate surface area is 169 Å². The quantitative estimate of drug-likeness (QED) is 0.426. The Balaban J connectivity index is 1.32. The molecule has 2 aliphatic heterocycles. The van der Waals surface area contributed by atoms with E-state index in [0.29, 0.717) is 38.3 Å². The van der Waals surface area contributed by atoms with Gasteiger partial charge in [0.1, 0.15) is 6.20 Å². The first-order valence-electron chi connectivity index (χ1n) is 9.26. The lowest BCUT2D eigenvalue weighted by Crippen LogP contribution is -2.57. The number of alkyl halides is 3. The van der Waals surface area contributed by atoms with Gasteiger partial charge >= 0.3 is 18.0 Å². The maximum atomic E-state index is 12.6. The van der Waals surface area contributed by atoms with Gasteiger partial charge in [-0.25, -0.2) is 0 Å². The molecule has 30 heavy (non-hydrogen) atoms. The number of fused-ring (bicyclic) bond motifs is 1. The molecule has 12 heteroatoms. The van der Waals surface area contributed by atoms with Crippen molar-refractivity contribution >= 4 is 12.0 Å². The van der Waals surface area contributed by atoms with Crippen molar-refractivity contribution in [1.29, 1.82) is 0 Å². The highest BCUT2D eigenvalue weighted by Crippen LogP contribution is 2.33. The van der Waals surface area contributed by atoms with Gasteiger partial charge in [-0.05, 0) is 29.5 Å².